The maximum atomic E-state index is 9.50. The van der Waals surface area contributed by atoms with Crippen molar-refractivity contribution in [2.75, 3.05) is 13.4 Å². The highest BCUT2D eigenvalue weighted by Crippen LogP contribution is 2.40. The van der Waals surface area contributed by atoms with Crippen LogP contribution in [0, 0.1) is 11.3 Å². The number of imidazole rings is 1. The van der Waals surface area contributed by atoms with Crippen molar-refractivity contribution in [2.24, 2.45) is 0 Å². The number of para-hydroxylation sites is 1. The normalized spacial score (nSPS) is 12.3. The first-order valence-electron chi connectivity index (χ1n) is 9.28. The summed E-state index contributed by atoms with van der Waals surface area (Å²) in [5, 5.41) is 11.6. The molecule has 0 unspecified atom stereocenters. The molecule has 0 saturated heterocycles. The van der Waals surface area contributed by atoms with E-state index in [0.717, 1.165) is 44.7 Å². The molecule has 2 aromatic heterocycles. The van der Waals surface area contributed by atoms with Gasteiger partial charge in [-0.1, -0.05) is 12.1 Å². The first kappa shape index (κ1) is 17.6. The van der Waals surface area contributed by atoms with Gasteiger partial charge in [-0.05, 0) is 37.3 Å². The van der Waals surface area contributed by atoms with Crippen LogP contribution < -0.4 is 14.2 Å². The number of hydrogen-bond acceptors (Lipinski definition) is 6. The fourth-order valence-corrected chi connectivity index (χ4v) is 4.48. The zero-order valence-electron chi connectivity index (χ0n) is 15.7. The van der Waals surface area contributed by atoms with E-state index >= 15 is 0 Å². The van der Waals surface area contributed by atoms with E-state index in [0.29, 0.717) is 12.4 Å². The summed E-state index contributed by atoms with van der Waals surface area (Å²) in [6.07, 6.45) is 0.242. The van der Waals surface area contributed by atoms with E-state index < -0.39 is 0 Å². The summed E-state index contributed by atoms with van der Waals surface area (Å²) < 4.78 is 18.8. The summed E-state index contributed by atoms with van der Waals surface area (Å²) in [5.74, 6) is 2.24. The van der Waals surface area contributed by atoms with Gasteiger partial charge in [0.15, 0.2) is 16.5 Å². The standard InChI is InChI=1S/C22H17N3O3S/c1-2-26-18-6-4-3-5-15(18)17-12-29-22-24-21(16(9-10-23)25(17)22)14-7-8-19-20(11-14)28-13-27-19/h3-8,11-12H,2,9,13H2,1H3. The lowest BCUT2D eigenvalue weighted by atomic mass is 10.1. The average molecular weight is 403 g/mol. The van der Waals surface area contributed by atoms with Crippen LogP contribution in [0.25, 0.3) is 27.5 Å². The number of nitriles is 1. The lowest BCUT2D eigenvalue weighted by molar-refractivity contribution is 0.174. The van der Waals surface area contributed by atoms with Crippen molar-refractivity contribution in [3.05, 3.63) is 53.5 Å². The van der Waals surface area contributed by atoms with Crippen molar-refractivity contribution in [3.8, 4) is 45.8 Å². The molecule has 3 heterocycles. The van der Waals surface area contributed by atoms with Crippen molar-refractivity contribution in [1.29, 1.82) is 5.26 Å². The third-order valence-corrected chi connectivity index (χ3v) is 5.64. The summed E-state index contributed by atoms with van der Waals surface area (Å²) >= 11 is 1.55. The number of ether oxygens (including phenoxy) is 3. The predicted octanol–water partition coefficient (Wildman–Crippen LogP) is 4.92. The molecule has 1 aliphatic rings. The molecule has 5 rings (SSSR count). The van der Waals surface area contributed by atoms with Crippen LogP contribution in [0.15, 0.2) is 47.8 Å². The quantitative estimate of drug-likeness (QED) is 0.473. The average Bonchev–Trinajstić information content (AvgIpc) is 3.44. The molecular weight excluding hydrogens is 386 g/mol. The Labute approximate surface area is 171 Å². The number of thiazole rings is 1. The Bertz CT molecular complexity index is 1250. The van der Waals surface area contributed by atoms with Gasteiger partial charge in [-0.3, -0.25) is 4.40 Å². The number of nitrogens with zero attached hydrogens (tertiary/aromatic N) is 3. The van der Waals surface area contributed by atoms with Crippen molar-refractivity contribution in [3.63, 3.8) is 0 Å². The van der Waals surface area contributed by atoms with E-state index in [2.05, 4.69) is 15.8 Å². The fraction of sp³-hybridized carbons (Fsp3) is 0.182. The van der Waals surface area contributed by atoms with Crippen LogP contribution in [0.2, 0.25) is 0 Å². The molecule has 1 aliphatic heterocycles. The molecule has 6 nitrogen and oxygen atoms in total. The van der Waals surface area contributed by atoms with Gasteiger partial charge in [-0.2, -0.15) is 5.26 Å². The van der Waals surface area contributed by atoms with Crippen LogP contribution in [-0.2, 0) is 6.42 Å². The van der Waals surface area contributed by atoms with Crippen LogP contribution in [0.5, 0.6) is 17.2 Å². The predicted molar refractivity (Wildman–Crippen MR) is 111 cm³/mol. The minimum Gasteiger partial charge on any atom is -0.493 e. The van der Waals surface area contributed by atoms with E-state index in [1.54, 1.807) is 11.3 Å². The van der Waals surface area contributed by atoms with Gasteiger partial charge in [0.05, 0.1) is 36.2 Å². The second kappa shape index (κ2) is 7.15. The molecule has 144 valence electrons. The van der Waals surface area contributed by atoms with Crippen molar-refractivity contribution < 1.29 is 14.2 Å². The van der Waals surface area contributed by atoms with E-state index in [1.807, 2.05) is 49.4 Å². The second-order valence-corrected chi connectivity index (χ2v) is 7.31. The molecular formula is C22H17N3O3S. The van der Waals surface area contributed by atoms with Gasteiger partial charge in [-0.15, -0.1) is 11.3 Å². The summed E-state index contributed by atoms with van der Waals surface area (Å²) in [7, 11) is 0. The Morgan fingerprint density at radius 2 is 2.07 bits per heavy atom. The maximum absolute atomic E-state index is 9.50. The van der Waals surface area contributed by atoms with Crippen LogP contribution in [0.3, 0.4) is 0 Å². The van der Waals surface area contributed by atoms with Gasteiger partial charge < -0.3 is 14.2 Å². The molecule has 7 heteroatoms. The zero-order chi connectivity index (χ0) is 19.8. The van der Waals surface area contributed by atoms with E-state index in [9.17, 15) is 5.26 Å². The monoisotopic (exact) mass is 403 g/mol. The van der Waals surface area contributed by atoms with Crippen LogP contribution >= 0.6 is 11.3 Å². The SMILES string of the molecule is CCOc1ccccc1-c1csc2nc(-c3ccc4c(c3)OCO4)c(CC#N)n12. The highest BCUT2D eigenvalue weighted by Gasteiger charge is 2.22. The van der Waals surface area contributed by atoms with Crippen molar-refractivity contribution in [1.82, 2.24) is 9.38 Å². The molecule has 0 fully saturated rings. The maximum Gasteiger partial charge on any atom is 0.231 e. The highest BCUT2D eigenvalue weighted by molar-refractivity contribution is 7.15. The summed E-state index contributed by atoms with van der Waals surface area (Å²) in [4.78, 5) is 5.68. The van der Waals surface area contributed by atoms with Crippen molar-refractivity contribution in [2.45, 2.75) is 13.3 Å². The molecule has 0 atom stereocenters. The van der Waals surface area contributed by atoms with Crippen LogP contribution in [0.1, 0.15) is 12.6 Å². The Hall–Kier alpha value is -3.50. The van der Waals surface area contributed by atoms with Gasteiger partial charge >= 0.3 is 0 Å². The summed E-state index contributed by atoms with van der Waals surface area (Å²) in [6.45, 7) is 2.78. The lowest BCUT2D eigenvalue weighted by Crippen LogP contribution is -1.98. The molecule has 2 aromatic carbocycles. The molecule has 0 amide bonds. The van der Waals surface area contributed by atoms with E-state index in [-0.39, 0.29) is 13.2 Å². The molecule has 4 aromatic rings. The number of hydrogen-bond donors (Lipinski definition) is 0. The fourth-order valence-electron chi connectivity index (χ4n) is 3.58. The van der Waals surface area contributed by atoms with Gasteiger partial charge in [0.2, 0.25) is 6.79 Å². The molecule has 0 bridgehead atoms. The van der Waals surface area contributed by atoms with Crippen LogP contribution in [0.4, 0.5) is 0 Å². The smallest absolute Gasteiger partial charge is 0.231 e. The Morgan fingerprint density at radius 1 is 1.21 bits per heavy atom. The third-order valence-electron chi connectivity index (χ3n) is 4.81. The molecule has 0 aliphatic carbocycles. The number of benzene rings is 2. The molecule has 0 spiro atoms. The van der Waals surface area contributed by atoms with E-state index in [4.69, 9.17) is 19.2 Å². The molecule has 0 N–H and O–H groups in total. The van der Waals surface area contributed by atoms with E-state index in [1.165, 1.54) is 0 Å². The second-order valence-electron chi connectivity index (χ2n) is 6.48. The topological polar surface area (TPSA) is 68.8 Å². The minimum absolute atomic E-state index is 0.223. The Balaban J connectivity index is 1.71. The molecule has 29 heavy (non-hydrogen) atoms. The highest BCUT2D eigenvalue weighted by atomic mass is 32.1. The van der Waals surface area contributed by atoms with Gasteiger partial charge in [0.25, 0.3) is 0 Å². The zero-order valence-corrected chi connectivity index (χ0v) is 16.5. The summed E-state index contributed by atoms with van der Waals surface area (Å²) in [5.41, 5.74) is 4.49. The summed E-state index contributed by atoms with van der Waals surface area (Å²) in [6, 6.07) is 16.0. The Morgan fingerprint density at radius 3 is 2.93 bits per heavy atom. The van der Waals surface area contributed by atoms with Gasteiger partial charge in [-0.25, -0.2) is 4.98 Å². The lowest BCUT2D eigenvalue weighted by Gasteiger charge is -2.10. The first-order valence-corrected chi connectivity index (χ1v) is 10.2. The minimum atomic E-state index is 0.223. The molecule has 0 radical (unpaired) electrons. The van der Waals surface area contributed by atoms with Crippen molar-refractivity contribution >= 4 is 16.3 Å². The third kappa shape index (κ3) is 2.89. The van der Waals surface area contributed by atoms with Gasteiger partial charge in [0.1, 0.15) is 5.75 Å². The van der Waals surface area contributed by atoms with Gasteiger partial charge in [0, 0.05) is 16.5 Å². The van der Waals surface area contributed by atoms with Crippen LogP contribution in [-0.4, -0.2) is 22.8 Å². The largest absolute Gasteiger partial charge is 0.493 e. The first-order chi connectivity index (χ1) is 14.3. The Kier molecular flexibility index (Phi) is 4.34. The molecule has 0 saturated carbocycles. The number of rotatable bonds is 5. The number of fused-ring (bicyclic) bond motifs is 2. The number of aromatic nitrogens is 2.